The Morgan fingerprint density at radius 2 is 2.00 bits per heavy atom. The fourth-order valence-electron chi connectivity index (χ4n) is 1.94. The third-order valence-electron chi connectivity index (χ3n) is 2.92. The molecule has 0 saturated heterocycles. The van der Waals surface area contributed by atoms with E-state index in [1.807, 2.05) is 0 Å². The minimum atomic E-state index is 0.771. The molecule has 0 aromatic carbocycles. The molecule has 0 atom stereocenters. The van der Waals surface area contributed by atoms with E-state index in [0.29, 0.717) is 0 Å². The van der Waals surface area contributed by atoms with Crippen LogP contribution in [0.5, 0.6) is 0 Å². The molecule has 0 aromatic heterocycles. The van der Waals surface area contributed by atoms with Crippen molar-refractivity contribution < 1.29 is 0 Å². The highest BCUT2D eigenvalue weighted by Gasteiger charge is 2.17. The van der Waals surface area contributed by atoms with Gasteiger partial charge in [0.05, 0.1) is 0 Å². The van der Waals surface area contributed by atoms with Gasteiger partial charge in [-0.3, -0.25) is 0 Å². The first-order valence-electron chi connectivity index (χ1n) is 5.63. The van der Waals surface area contributed by atoms with Gasteiger partial charge in [0.1, 0.15) is 0 Å². The van der Waals surface area contributed by atoms with Gasteiger partial charge in [0.15, 0.2) is 0 Å². The highest BCUT2D eigenvalue weighted by molar-refractivity contribution is 4.99. The van der Waals surface area contributed by atoms with E-state index < -0.39 is 0 Å². The van der Waals surface area contributed by atoms with E-state index in [0.717, 1.165) is 18.4 Å². The second-order valence-corrected chi connectivity index (χ2v) is 4.62. The number of nitrogens with one attached hydrogen (secondary N) is 1. The van der Waals surface area contributed by atoms with E-state index in [4.69, 9.17) is 0 Å². The maximum Gasteiger partial charge on any atom is 0.0146 e. The summed E-state index contributed by atoms with van der Waals surface area (Å²) < 4.78 is 0. The molecule has 1 N–H and O–H groups in total. The zero-order valence-electron chi connectivity index (χ0n) is 9.10. The third-order valence-corrected chi connectivity index (χ3v) is 2.92. The molecule has 0 radical (unpaired) electrons. The van der Waals surface area contributed by atoms with E-state index in [9.17, 15) is 0 Å². The molecule has 0 unspecified atom stereocenters. The van der Waals surface area contributed by atoms with Crippen LogP contribution in [0.1, 0.15) is 46.0 Å². The Bertz CT molecular complexity index is 155. The monoisotopic (exact) mass is 181 g/mol. The summed E-state index contributed by atoms with van der Waals surface area (Å²) in [6.07, 6.45) is 6.76. The first-order chi connectivity index (χ1) is 6.20. The molecule has 0 heterocycles. The largest absolute Gasteiger partial charge is 0.389 e. The lowest BCUT2D eigenvalue weighted by molar-refractivity contribution is 0.524. The Balaban J connectivity index is 2.10. The normalized spacial score (nSPS) is 18.1. The van der Waals surface area contributed by atoms with Gasteiger partial charge in [-0.1, -0.05) is 33.3 Å². The Morgan fingerprint density at radius 3 is 2.54 bits per heavy atom. The smallest absolute Gasteiger partial charge is 0.0146 e. The summed E-state index contributed by atoms with van der Waals surface area (Å²) in [6.45, 7) is 9.75. The summed E-state index contributed by atoms with van der Waals surface area (Å²) in [5, 5.41) is 3.46. The molecule has 0 bridgehead atoms. The van der Waals surface area contributed by atoms with Crippen molar-refractivity contribution in [2.24, 2.45) is 11.8 Å². The van der Waals surface area contributed by atoms with E-state index >= 15 is 0 Å². The first-order valence-corrected chi connectivity index (χ1v) is 5.63. The molecule has 76 valence electrons. The summed E-state index contributed by atoms with van der Waals surface area (Å²) in [4.78, 5) is 0. The lowest BCUT2D eigenvalue weighted by Crippen LogP contribution is -2.20. The molecule has 0 spiro atoms. The van der Waals surface area contributed by atoms with Gasteiger partial charge in [0.25, 0.3) is 0 Å². The van der Waals surface area contributed by atoms with Crippen LogP contribution < -0.4 is 5.32 Å². The van der Waals surface area contributed by atoms with Crippen LogP contribution in [0.15, 0.2) is 12.3 Å². The van der Waals surface area contributed by atoms with Crippen molar-refractivity contribution in [2.45, 2.75) is 46.0 Å². The minimum absolute atomic E-state index is 0.771. The molecule has 1 aliphatic rings. The molecule has 1 nitrogen and oxygen atoms in total. The van der Waals surface area contributed by atoms with Crippen LogP contribution in [0, 0.1) is 11.8 Å². The summed E-state index contributed by atoms with van der Waals surface area (Å²) in [5.74, 6) is 1.57. The molecule has 1 aliphatic carbocycles. The number of hydrogen-bond donors (Lipinski definition) is 1. The van der Waals surface area contributed by atoms with Gasteiger partial charge >= 0.3 is 0 Å². The van der Waals surface area contributed by atoms with Crippen molar-refractivity contribution in [1.82, 2.24) is 5.32 Å². The van der Waals surface area contributed by atoms with Gasteiger partial charge in [-0.25, -0.2) is 0 Å². The molecule has 0 amide bonds. The van der Waals surface area contributed by atoms with Gasteiger partial charge in [0, 0.05) is 12.2 Å². The predicted molar refractivity (Wildman–Crippen MR) is 58.6 cm³/mol. The zero-order valence-corrected chi connectivity index (χ0v) is 9.10. The van der Waals surface area contributed by atoms with Crippen LogP contribution in [-0.2, 0) is 0 Å². The van der Waals surface area contributed by atoms with Crippen LogP contribution in [0.25, 0.3) is 0 Å². The van der Waals surface area contributed by atoms with Gasteiger partial charge < -0.3 is 5.32 Å². The summed E-state index contributed by atoms with van der Waals surface area (Å²) >= 11 is 0. The van der Waals surface area contributed by atoms with E-state index in [-0.39, 0.29) is 0 Å². The predicted octanol–water partition coefficient (Wildman–Crippen LogP) is 3.33. The highest BCUT2D eigenvalue weighted by atomic mass is 14.9. The van der Waals surface area contributed by atoms with Crippen molar-refractivity contribution in [2.75, 3.05) is 6.54 Å². The molecule has 1 saturated carbocycles. The van der Waals surface area contributed by atoms with Gasteiger partial charge in [0.2, 0.25) is 0 Å². The molecule has 0 aromatic rings. The first kappa shape index (κ1) is 10.6. The van der Waals surface area contributed by atoms with Crippen molar-refractivity contribution in [3.05, 3.63) is 12.3 Å². The molecule has 1 rings (SSSR count). The SMILES string of the molecule is C=C(NCCC(C)C)C1CCCC1. The summed E-state index contributed by atoms with van der Waals surface area (Å²) in [6, 6.07) is 0. The average Bonchev–Trinajstić information content (AvgIpc) is 2.55. The van der Waals surface area contributed by atoms with Crippen LogP contribution in [0.3, 0.4) is 0 Å². The maximum atomic E-state index is 4.12. The lowest BCUT2D eigenvalue weighted by Gasteiger charge is -2.16. The molecular formula is C12H23N. The van der Waals surface area contributed by atoms with Crippen LogP contribution in [-0.4, -0.2) is 6.54 Å². The third kappa shape index (κ3) is 3.84. The second kappa shape index (κ2) is 5.31. The van der Waals surface area contributed by atoms with E-state index in [1.165, 1.54) is 37.8 Å². The molecule has 13 heavy (non-hydrogen) atoms. The van der Waals surface area contributed by atoms with Crippen LogP contribution in [0.2, 0.25) is 0 Å². The maximum absolute atomic E-state index is 4.12. The fourth-order valence-corrected chi connectivity index (χ4v) is 1.94. The summed E-state index contributed by atoms with van der Waals surface area (Å²) in [7, 11) is 0. The topological polar surface area (TPSA) is 12.0 Å². The Labute approximate surface area is 82.6 Å². The quantitative estimate of drug-likeness (QED) is 0.686. The Kier molecular flexibility index (Phi) is 4.34. The van der Waals surface area contributed by atoms with Crippen molar-refractivity contribution in [3.8, 4) is 0 Å². The molecular weight excluding hydrogens is 158 g/mol. The van der Waals surface area contributed by atoms with E-state index in [2.05, 4.69) is 25.7 Å². The molecule has 1 fully saturated rings. The van der Waals surface area contributed by atoms with Crippen LogP contribution >= 0.6 is 0 Å². The van der Waals surface area contributed by atoms with E-state index in [1.54, 1.807) is 0 Å². The van der Waals surface area contributed by atoms with Gasteiger partial charge in [-0.15, -0.1) is 0 Å². The van der Waals surface area contributed by atoms with Crippen molar-refractivity contribution in [1.29, 1.82) is 0 Å². The van der Waals surface area contributed by atoms with Crippen LogP contribution in [0.4, 0.5) is 0 Å². The van der Waals surface area contributed by atoms with Gasteiger partial charge in [-0.05, 0) is 31.1 Å². The average molecular weight is 181 g/mol. The Morgan fingerprint density at radius 1 is 1.38 bits per heavy atom. The highest BCUT2D eigenvalue weighted by Crippen LogP contribution is 2.28. The lowest BCUT2D eigenvalue weighted by atomic mass is 10.0. The molecule has 0 aliphatic heterocycles. The fraction of sp³-hybridized carbons (Fsp3) is 0.833. The number of rotatable bonds is 5. The standard InChI is InChI=1S/C12H23N/c1-10(2)8-9-13-11(3)12-6-4-5-7-12/h10,12-13H,3-9H2,1-2H3. The number of allylic oxidation sites excluding steroid dienone is 1. The Hall–Kier alpha value is -0.460. The zero-order chi connectivity index (χ0) is 9.68. The minimum Gasteiger partial charge on any atom is -0.389 e. The van der Waals surface area contributed by atoms with Crippen molar-refractivity contribution >= 4 is 0 Å². The summed E-state index contributed by atoms with van der Waals surface area (Å²) in [5.41, 5.74) is 1.29. The van der Waals surface area contributed by atoms with Gasteiger partial charge in [-0.2, -0.15) is 0 Å². The molecule has 1 heteroatoms. The second-order valence-electron chi connectivity index (χ2n) is 4.62. The van der Waals surface area contributed by atoms with Crippen molar-refractivity contribution in [3.63, 3.8) is 0 Å². The number of hydrogen-bond acceptors (Lipinski definition) is 1.